The molecule has 2 aliphatic heterocycles. The van der Waals surface area contributed by atoms with Crippen LogP contribution >= 0.6 is 0 Å². The molecule has 1 fully saturated rings. The maximum atomic E-state index is 13.6. The van der Waals surface area contributed by atoms with Crippen LogP contribution in [0.4, 0.5) is 9.59 Å². The zero-order valence-electron chi connectivity index (χ0n) is 30.9. The highest BCUT2D eigenvalue weighted by Gasteiger charge is 2.72. The minimum atomic E-state index is -1.38. The number of rotatable bonds is 8. The standard InChI is InChI=1S/C39H48N2O11/c1-22(47-33(43)25(20-23-12-10-9-11-13-23)40-34(44)51-36(2,3)4)32(42)48-27-16-17-39(46)28-21-24-14-15-26(49-35(45)52-37(5,6)7)30-29(24)38(39,31(27)50-30)18-19-41(28)8/h9-16,22,25,28,31,46H,17-21H2,1-8H3,(H,40,44)/t22-,25-,28-,31-,38-,39+/m0/s1. The van der Waals surface area contributed by atoms with Gasteiger partial charge in [0.25, 0.3) is 0 Å². The molecular formula is C39H48N2O11. The number of likely N-dealkylation sites (tertiary alicyclic amines) is 1. The summed E-state index contributed by atoms with van der Waals surface area (Å²) in [5.41, 5.74) is -1.50. The molecule has 2 aliphatic carbocycles. The Balaban J connectivity index is 1.24. The van der Waals surface area contributed by atoms with Gasteiger partial charge in [-0.2, -0.15) is 0 Å². The number of nitrogens with zero attached hydrogens (tertiary/aromatic N) is 1. The van der Waals surface area contributed by atoms with Gasteiger partial charge in [-0.15, -0.1) is 0 Å². The van der Waals surface area contributed by atoms with E-state index in [2.05, 4.69) is 10.2 Å². The van der Waals surface area contributed by atoms with E-state index in [1.54, 1.807) is 65.8 Å². The average Bonchev–Trinajstić information content (AvgIpc) is 3.39. The quantitative estimate of drug-likeness (QED) is 0.216. The molecule has 0 radical (unpaired) electrons. The molecule has 13 heteroatoms. The fraction of sp³-hybridized carbons (Fsp3) is 0.538. The van der Waals surface area contributed by atoms with Crippen molar-refractivity contribution in [2.45, 2.75) is 121 Å². The molecule has 1 spiro atoms. The fourth-order valence-corrected chi connectivity index (χ4v) is 7.86. The molecule has 0 aromatic heterocycles. The molecule has 2 aromatic carbocycles. The van der Waals surface area contributed by atoms with Crippen molar-refractivity contribution in [3.05, 3.63) is 71.0 Å². The van der Waals surface area contributed by atoms with Gasteiger partial charge in [0.2, 0.25) is 0 Å². The van der Waals surface area contributed by atoms with Crippen LogP contribution in [-0.2, 0) is 46.8 Å². The second-order valence-electron chi connectivity index (χ2n) is 16.0. The number of hydrogen-bond donors (Lipinski definition) is 2. The first-order valence-corrected chi connectivity index (χ1v) is 17.6. The van der Waals surface area contributed by atoms with E-state index in [1.165, 1.54) is 6.92 Å². The summed E-state index contributed by atoms with van der Waals surface area (Å²) in [6, 6.07) is 11.2. The average molecular weight is 721 g/mol. The van der Waals surface area contributed by atoms with Crippen molar-refractivity contribution < 1.29 is 52.7 Å². The van der Waals surface area contributed by atoms with Gasteiger partial charge in [0.05, 0.1) is 11.0 Å². The number of amides is 1. The van der Waals surface area contributed by atoms with Gasteiger partial charge in [0.1, 0.15) is 23.0 Å². The summed E-state index contributed by atoms with van der Waals surface area (Å²) < 4.78 is 34.5. The number of nitrogens with one attached hydrogen (secondary N) is 1. The molecule has 2 bridgehead atoms. The number of esters is 2. The highest BCUT2D eigenvalue weighted by atomic mass is 16.7. The lowest BCUT2D eigenvalue weighted by Crippen LogP contribution is -2.74. The van der Waals surface area contributed by atoms with Crippen molar-refractivity contribution >= 4 is 24.2 Å². The first kappa shape index (κ1) is 37.1. The van der Waals surface area contributed by atoms with Crippen LogP contribution in [0, 0.1) is 0 Å². The number of piperidine rings is 1. The highest BCUT2D eigenvalue weighted by molar-refractivity contribution is 5.85. The number of hydrogen-bond acceptors (Lipinski definition) is 12. The maximum absolute atomic E-state index is 13.6. The Hall–Kier alpha value is -4.62. The second-order valence-corrected chi connectivity index (χ2v) is 16.0. The van der Waals surface area contributed by atoms with E-state index in [0.29, 0.717) is 19.4 Å². The topological polar surface area (TPSA) is 159 Å². The van der Waals surface area contributed by atoms with Crippen LogP contribution in [0.1, 0.15) is 78.0 Å². The number of alkyl carbamates (subject to hydrolysis) is 1. The molecular weight excluding hydrogens is 672 g/mol. The van der Waals surface area contributed by atoms with Gasteiger partial charge in [0.15, 0.2) is 23.7 Å². The Labute approximate surface area is 303 Å². The first-order chi connectivity index (χ1) is 24.3. The van der Waals surface area contributed by atoms with E-state index in [1.807, 2.05) is 31.3 Å². The van der Waals surface area contributed by atoms with Crippen molar-refractivity contribution in [3.8, 4) is 11.5 Å². The number of likely N-dealkylation sites (N-methyl/N-ethyl adjacent to an activating group) is 1. The summed E-state index contributed by atoms with van der Waals surface area (Å²) in [5, 5.41) is 15.1. The van der Waals surface area contributed by atoms with E-state index in [4.69, 9.17) is 28.4 Å². The number of ether oxygens (including phenoxy) is 6. The molecule has 52 heavy (non-hydrogen) atoms. The van der Waals surface area contributed by atoms with Gasteiger partial charge in [0, 0.05) is 24.4 Å². The Morgan fingerprint density at radius 3 is 2.35 bits per heavy atom. The van der Waals surface area contributed by atoms with Gasteiger partial charge in [-0.25, -0.2) is 19.2 Å². The van der Waals surface area contributed by atoms with E-state index >= 15 is 0 Å². The molecule has 0 saturated carbocycles. The third-order valence-corrected chi connectivity index (χ3v) is 10.0. The predicted molar refractivity (Wildman–Crippen MR) is 187 cm³/mol. The minimum Gasteiger partial charge on any atom is -0.477 e. The summed E-state index contributed by atoms with van der Waals surface area (Å²) >= 11 is 0. The maximum Gasteiger partial charge on any atom is 0.514 e. The van der Waals surface area contributed by atoms with E-state index in [-0.39, 0.29) is 36.1 Å². The van der Waals surface area contributed by atoms with Crippen LogP contribution in [-0.4, -0.2) is 88.9 Å². The predicted octanol–water partition coefficient (Wildman–Crippen LogP) is 4.89. The Bertz CT molecular complexity index is 1780. The summed E-state index contributed by atoms with van der Waals surface area (Å²) in [6.45, 7) is 12.3. The molecule has 0 unspecified atom stereocenters. The molecule has 2 heterocycles. The zero-order valence-corrected chi connectivity index (χ0v) is 30.9. The molecule has 6 rings (SSSR count). The number of aliphatic hydroxyl groups is 1. The van der Waals surface area contributed by atoms with Crippen molar-refractivity contribution in [1.29, 1.82) is 0 Å². The van der Waals surface area contributed by atoms with Crippen molar-refractivity contribution in [1.82, 2.24) is 10.2 Å². The molecule has 2 aromatic rings. The normalized spacial score (nSPS) is 25.7. The van der Waals surface area contributed by atoms with Crippen LogP contribution in [0.5, 0.6) is 11.5 Å². The summed E-state index contributed by atoms with van der Waals surface area (Å²) in [7, 11) is 1.98. The monoisotopic (exact) mass is 720 g/mol. The Morgan fingerprint density at radius 1 is 0.981 bits per heavy atom. The number of carbonyl (C=O) groups is 4. The molecule has 280 valence electrons. The minimum absolute atomic E-state index is 0.0900. The second kappa shape index (κ2) is 13.4. The molecule has 4 aliphatic rings. The van der Waals surface area contributed by atoms with E-state index in [0.717, 1.165) is 16.7 Å². The number of carbonyl (C=O) groups excluding carboxylic acids is 4. The fourth-order valence-electron chi connectivity index (χ4n) is 7.86. The zero-order chi connectivity index (χ0) is 37.8. The van der Waals surface area contributed by atoms with Crippen LogP contribution in [0.25, 0.3) is 0 Å². The molecule has 1 amide bonds. The van der Waals surface area contributed by atoms with Crippen molar-refractivity contribution in [3.63, 3.8) is 0 Å². The first-order valence-electron chi connectivity index (χ1n) is 17.6. The van der Waals surface area contributed by atoms with E-state index in [9.17, 15) is 24.3 Å². The van der Waals surface area contributed by atoms with Crippen LogP contribution in [0.3, 0.4) is 0 Å². The summed E-state index contributed by atoms with van der Waals surface area (Å²) in [4.78, 5) is 54.7. The smallest absolute Gasteiger partial charge is 0.477 e. The third-order valence-electron chi connectivity index (χ3n) is 10.0. The molecule has 2 N–H and O–H groups in total. The molecule has 6 atom stereocenters. The van der Waals surface area contributed by atoms with Crippen LogP contribution in [0.15, 0.2) is 54.3 Å². The van der Waals surface area contributed by atoms with Gasteiger partial charge >= 0.3 is 24.2 Å². The van der Waals surface area contributed by atoms with Gasteiger partial charge in [-0.05, 0) is 98.2 Å². The lowest BCUT2D eigenvalue weighted by atomic mass is 9.50. The van der Waals surface area contributed by atoms with Crippen molar-refractivity contribution in [2.24, 2.45) is 0 Å². The third kappa shape index (κ3) is 6.95. The van der Waals surface area contributed by atoms with Crippen LogP contribution in [0.2, 0.25) is 0 Å². The number of benzene rings is 2. The highest BCUT2D eigenvalue weighted by Crippen LogP contribution is 2.65. The Morgan fingerprint density at radius 2 is 1.67 bits per heavy atom. The van der Waals surface area contributed by atoms with Crippen molar-refractivity contribution in [2.75, 3.05) is 13.6 Å². The van der Waals surface area contributed by atoms with Crippen LogP contribution < -0.4 is 14.8 Å². The largest absolute Gasteiger partial charge is 0.514 e. The molecule has 13 nitrogen and oxygen atoms in total. The molecule has 1 saturated heterocycles. The van der Waals surface area contributed by atoms with Gasteiger partial charge < -0.3 is 43.7 Å². The summed E-state index contributed by atoms with van der Waals surface area (Å²) in [5.74, 6) is -1.15. The lowest BCUT2D eigenvalue weighted by molar-refractivity contribution is -0.176. The van der Waals surface area contributed by atoms with Gasteiger partial charge in [-0.3, -0.25) is 0 Å². The van der Waals surface area contributed by atoms with E-state index < -0.39 is 64.7 Å². The summed E-state index contributed by atoms with van der Waals surface area (Å²) in [6.07, 6.45) is -1.15. The van der Waals surface area contributed by atoms with Gasteiger partial charge in [-0.1, -0.05) is 36.4 Å². The Kier molecular flexibility index (Phi) is 9.58. The lowest BCUT2D eigenvalue weighted by Gasteiger charge is -2.61. The SMILES string of the molecule is C[C@H](OC(=O)[C@H](Cc1ccccc1)NC(=O)OC(C)(C)C)C(=O)OC1=CC[C@@]2(O)[C@@H]3Cc4ccc(OC(=O)OC(C)(C)C)c5c4[C@@]2(CCN3C)[C@H]1O5.